The summed E-state index contributed by atoms with van der Waals surface area (Å²) in [6.45, 7) is 8.46. The van der Waals surface area contributed by atoms with Crippen molar-refractivity contribution >= 4 is 5.91 Å². The molecule has 1 amide bonds. The highest BCUT2D eigenvalue weighted by Crippen LogP contribution is 2.49. The lowest BCUT2D eigenvalue weighted by Crippen LogP contribution is -2.67. The Morgan fingerprint density at radius 2 is 2.14 bits per heavy atom. The molecule has 2 fully saturated rings. The van der Waals surface area contributed by atoms with Gasteiger partial charge in [-0.25, -0.2) is 0 Å². The Bertz CT molecular complexity index is 550. The zero-order valence-corrected chi connectivity index (χ0v) is 13.5. The smallest absolute Gasteiger partial charge is 0.248 e. The highest BCUT2D eigenvalue weighted by Gasteiger charge is 2.53. The van der Waals surface area contributed by atoms with E-state index in [2.05, 4.69) is 24.8 Å². The number of carbonyl (C=O) groups is 1. The number of benzene rings is 1. The van der Waals surface area contributed by atoms with Gasteiger partial charge >= 0.3 is 0 Å². The van der Waals surface area contributed by atoms with Crippen LogP contribution in [0.5, 0.6) is 0 Å². The van der Waals surface area contributed by atoms with Gasteiger partial charge in [0.25, 0.3) is 0 Å². The van der Waals surface area contributed by atoms with Crippen LogP contribution in [0.25, 0.3) is 0 Å². The van der Waals surface area contributed by atoms with Gasteiger partial charge in [-0.3, -0.25) is 9.69 Å². The van der Waals surface area contributed by atoms with Crippen molar-refractivity contribution in [3.8, 4) is 0 Å². The van der Waals surface area contributed by atoms with E-state index in [-0.39, 0.29) is 5.91 Å². The summed E-state index contributed by atoms with van der Waals surface area (Å²) in [6.07, 6.45) is 2.35. The summed E-state index contributed by atoms with van der Waals surface area (Å²) in [7, 11) is 0. The third-order valence-corrected chi connectivity index (χ3v) is 5.26. The second kappa shape index (κ2) is 6.01. The first-order valence-electron chi connectivity index (χ1n) is 8.22. The van der Waals surface area contributed by atoms with Crippen molar-refractivity contribution in [2.24, 2.45) is 17.1 Å². The normalized spacial score (nSPS) is 24.4. The number of carbonyl (C=O) groups excluding carboxylic acids is 1. The highest BCUT2D eigenvalue weighted by molar-refractivity contribution is 5.92. The van der Waals surface area contributed by atoms with Gasteiger partial charge in [0, 0.05) is 43.3 Å². The molecule has 4 nitrogen and oxygen atoms in total. The van der Waals surface area contributed by atoms with Crippen molar-refractivity contribution in [1.82, 2.24) is 4.90 Å². The van der Waals surface area contributed by atoms with E-state index in [0.717, 1.165) is 26.3 Å². The Hall–Kier alpha value is -1.39. The van der Waals surface area contributed by atoms with Crippen LogP contribution in [0.3, 0.4) is 0 Å². The van der Waals surface area contributed by atoms with Gasteiger partial charge in [0.2, 0.25) is 5.91 Å². The lowest BCUT2D eigenvalue weighted by atomic mass is 9.62. The molecular formula is C18H26N2O2. The number of nitrogens with zero attached hydrogens (tertiary/aromatic N) is 1. The molecule has 1 aromatic carbocycles. The lowest BCUT2D eigenvalue weighted by Gasteiger charge is -2.61. The van der Waals surface area contributed by atoms with Gasteiger partial charge in [-0.15, -0.1) is 0 Å². The van der Waals surface area contributed by atoms with Crippen LogP contribution in [-0.4, -0.2) is 36.6 Å². The van der Waals surface area contributed by atoms with Crippen LogP contribution in [-0.2, 0) is 11.3 Å². The fourth-order valence-electron chi connectivity index (χ4n) is 4.44. The number of amides is 1. The molecule has 2 aliphatic heterocycles. The van der Waals surface area contributed by atoms with E-state index in [1.165, 1.54) is 18.4 Å². The van der Waals surface area contributed by atoms with Gasteiger partial charge in [0.05, 0.1) is 0 Å². The van der Waals surface area contributed by atoms with Crippen LogP contribution in [0, 0.1) is 11.3 Å². The van der Waals surface area contributed by atoms with Crippen LogP contribution < -0.4 is 5.73 Å². The first kappa shape index (κ1) is 15.5. The summed E-state index contributed by atoms with van der Waals surface area (Å²) in [5, 5.41) is 0. The molecule has 1 unspecified atom stereocenters. The Morgan fingerprint density at radius 3 is 2.77 bits per heavy atom. The van der Waals surface area contributed by atoms with Crippen molar-refractivity contribution in [2.75, 3.05) is 19.8 Å². The Kier molecular flexibility index (Phi) is 4.24. The van der Waals surface area contributed by atoms with Crippen molar-refractivity contribution in [2.45, 2.75) is 39.3 Å². The number of nitrogens with two attached hydrogens (primary N) is 1. The zero-order valence-electron chi connectivity index (χ0n) is 13.5. The molecule has 1 atom stereocenters. The standard InChI is InChI=1S/C18H26N2O2/c1-13(2)16-18(6-8-22-9-7-18)12-20(16)11-14-4-3-5-15(10-14)17(19)21/h3-5,10,13,16H,6-9,11-12H2,1-2H3,(H2,19,21). The highest BCUT2D eigenvalue weighted by atomic mass is 16.5. The van der Waals surface area contributed by atoms with Crippen molar-refractivity contribution < 1.29 is 9.53 Å². The van der Waals surface area contributed by atoms with Crippen LogP contribution in [0.1, 0.15) is 42.6 Å². The van der Waals surface area contributed by atoms with Gasteiger partial charge < -0.3 is 10.5 Å². The van der Waals surface area contributed by atoms with E-state index < -0.39 is 0 Å². The van der Waals surface area contributed by atoms with Gasteiger partial charge in [-0.05, 0) is 36.5 Å². The van der Waals surface area contributed by atoms with Gasteiger partial charge in [0.15, 0.2) is 0 Å². The molecule has 0 saturated carbocycles. The Balaban J connectivity index is 1.73. The molecule has 0 aromatic heterocycles. The van der Waals surface area contributed by atoms with Crippen molar-refractivity contribution in [3.63, 3.8) is 0 Å². The third kappa shape index (κ3) is 2.77. The number of rotatable bonds is 4. The summed E-state index contributed by atoms with van der Waals surface area (Å²) in [4.78, 5) is 13.9. The van der Waals surface area contributed by atoms with Gasteiger partial charge in [0.1, 0.15) is 0 Å². The number of ether oxygens (including phenoxy) is 1. The predicted molar refractivity (Wildman–Crippen MR) is 86.5 cm³/mol. The summed E-state index contributed by atoms with van der Waals surface area (Å²) in [5.74, 6) is 0.276. The fraction of sp³-hybridized carbons (Fsp3) is 0.611. The van der Waals surface area contributed by atoms with E-state index in [0.29, 0.717) is 22.9 Å². The molecule has 2 N–H and O–H groups in total. The minimum atomic E-state index is -0.355. The maximum absolute atomic E-state index is 11.3. The zero-order chi connectivity index (χ0) is 15.7. The SMILES string of the molecule is CC(C)C1N(Cc2cccc(C(N)=O)c2)CC12CCOCC2. The average molecular weight is 302 g/mol. The van der Waals surface area contributed by atoms with E-state index in [1.807, 2.05) is 12.1 Å². The second-order valence-electron chi connectivity index (χ2n) is 7.13. The summed E-state index contributed by atoms with van der Waals surface area (Å²) in [6, 6.07) is 8.31. The number of primary amides is 1. The van der Waals surface area contributed by atoms with Crippen molar-refractivity contribution in [3.05, 3.63) is 35.4 Å². The Labute approximate surface area is 132 Å². The second-order valence-corrected chi connectivity index (χ2v) is 7.13. The van der Waals surface area contributed by atoms with E-state index >= 15 is 0 Å². The monoisotopic (exact) mass is 302 g/mol. The molecule has 3 rings (SSSR count). The van der Waals surface area contributed by atoms with Gasteiger partial charge in [-0.1, -0.05) is 26.0 Å². The molecular weight excluding hydrogens is 276 g/mol. The van der Waals surface area contributed by atoms with E-state index in [4.69, 9.17) is 10.5 Å². The maximum atomic E-state index is 11.3. The minimum absolute atomic E-state index is 0.355. The molecule has 0 aliphatic carbocycles. The molecule has 2 aliphatic rings. The Morgan fingerprint density at radius 1 is 1.41 bits per heavy atom. The molecule has 2 saturated heterocycles. The molecule has 1 aromatic rings. The molecule has 1 spiro atoms. The molecule has 0 bridgehead atoms. The van der Waals surface area contributed by atoms with Crippen LogP contribution >= 0.6 is 0 Å². The largest absolute Gasteiger partial charge is 0.381 e. The number of hydrogen-bond acceptors (Lipinski definition) is 3. The first-order chi connectivity index (χ1) is 10.5. The summed E-state index contributed by atoms with van der Waals surface area (Å²) >= 11 is 0. The number of likely N-dealkylation sites (tertiary alicyclic amines) is 1. The molecule has 4 heteroatoms. The maximum Gasteiger partial charge on any atom is 0.248 e. The minimum Gasteiger partial charge on any atom is -0.381 e. The van der Waals surface area contributed by atoms with Crippen LogP contribution in [0.2, 0.25) is 0 Å². The molecule has 0 radical (unpaired) electrons. The average Bonchev–Trinajstić information content (AvgIpc) is 2.47. The molecule has 22 heavy (non-hydrogen) atoms. The lowest BCUT2D eigenvalue weighted by molar-refractivity contribution is -0.152. The fourth-order valence-corrected chi connectivity index (χ4v) is 4.44. The third-order valence-electron chi connectivity index (χ3n) is 5.26. The van der Waals surface area contributed by atoms with Crippen LogP contribution in [0.15, 0.2) is 24.3 Å². The van der Waals surface area contributed by atoms with E-state index in [1.54, 1.807) is 6.07 Å². The molecule has 2 heterocycles. The predicted octanol–water partition coefficient (Wildman–Crippen LogP) is 2.42. The van der Waals surface area contributed by atoms with Crippen molar-refractivity contribution in [1.29, 1.82) is 0 Å². The molecule has 120 valence electrons. The summed E-state index contributed by atoms with van der Waals surface area (Å²) < 4.78 is 5.55. The summed E-state index contributed by atoms with van der Waals surface area (Å²) in [5.41, 5.74) is 7.59. The van der Waals surface area contributed by atoms with Crippen LogP contribution in [0.4, 0.5) is 0 Å². The number of hydrogen-bond donors (Lipinski definition) is 1. The quantitative estimate of drug-likeness (QED) is 0.929. The first-order valence-corrected chi connectivity index (χ1v) is 8.22. The van der Waals surface area contributed by atoms with E-state index in [9.17, 15) is 4.79 Å². The topological polar surface area (TPSA) is 55.6 Å². The van der Waals surface area contributed by atoms with Gasteiger partial charge in [-0.2, -0.15) is 0 Å².